The van der Waals surface area contributed by atoms with Crippen LogP contribution in [0.1, 0.15) is 63.5 Å². The zero-order valence-electron chi connectivity index (χ0n) is 12.7. The minimum absolute atomic E-state index is 0.652. The van der Waals surface area contributed by atoms with Crippen molar-refractivity contribution < 1.29 is 14.9 Å². The van der Waals surface area contributed by atoms with Gasteiger partial charge in [0.1, 0.15) is 11.9 Å². The van der Waals surface area contributed by atoms with Crippen LogP contribution < -0.4 is 4.74 Å². The second-order valence-electron chi connectivity index (χ2n) is 5.34. The number of aliphatic hydroxyl groups is 2. The normalized spacial score (nSPS) is 14.0. The van der Waals surface area contributed by atoms with Crippen LogP contribution in [0.15, 0.2) is 24.3 Å². The number of hydrogen-bond acceptors (Lipinski definition) is 3. The van der Waals surface area contributed by atoms with E-state index in [0.717, 1.165) is 24.2 Å². The van der Waals surface area contributed by atoms with Crippen LogP contribution in [0, 0.1) is 0 Å². The number of aliphatic hydroxyl groups excluding tert-OH is 2. The first-order chi connectivity index (χ1) is 9.69. The molecule has 2 atom stereocenters. The molecule has 0 unspecified atom stereocenters. The number of methoxy groups -OCH3 is 1. The van der Waals surface area contributed by atoms with Crippen molar-refractivity contribution >= 4 is 0 Å². The number of rotatable bonds is 10. The smallest absolute Gasteiger partial charge is 0.118 e. The van der Waals surface area contributed by atoms with Crippen LogP contribution in [-0.2, 0) is 0 Å². The maximum Gasteiger partial charge on any atom is 0.118 e. The van der Waals surface area contributed by atoms with Crippen molar-refractivity contribution in [2.75, 3.05) is 7.11 Å². The molecule has 0 bridgehead atoms. The van der Waals surface area contributed by atoms with E-state index in [1.54, 1.807) is 31.4 Å². The van der Waals surface area contributed by atoms with E-state index >= 15 is 0 Å². The number of unbranched alkanes of at least 4 members (excludes halogenated alkanes) is 5. The molecule has 0 fully saturated rings. The van der Waals surface area contributed by atoms with Gasteiger partial charge in [-0.1, -0.05) is 57.6 Å². The van der Waals surface area contributed by atoms with Gasteiger partial charge in [-0.15, -0.1) is 0 Å². The maximum atomic E-state index is 10.1. The standard InChI is InChI=1S/C17H28O3/c1-3-4-5-6-7-8-9-16(18)17(19)14-10-12-15(20-2)13-11-14/h10-13,16-19H,3-9H2,1-2H3/t16-,17-/m1/s1. The van der Waals surface area contributed by atoms with E-state index in [-0.39, 0.29) is 0 Å². The summed E-state index contributed by atoms with van der Waals surface area (Å²) >= 11 is 0. The molecule has 0 spiro atoms. The highest BCUT2D eigenvalue weighted by molar-refractivity contribution is 5.28. The molecule has 0 aliphatic carbocycles. The van der Waals surface area contributed by atoms with E-state index in [1.165, 1.54) is 25.7 Å². The van der Waals surface area contributed by atoms with Crippen LogP contribution in [0.5, 0.6) is 5.75 Å². The zero-order valence-corrected chi connectivity index (χ0v) is 12.7. The summed E-state index contributed by atoms with van der Waals surface area (Å²) in [4.78, 5) is 0. The number of benzene rings is 1. The van der Waals surface area contributed by atoms with Gasteiger partial charge in [-0.3, -0.25) is 0 Å². The minimum Gasteiger partial charge on any atom is -0.497 e. The van der Waals surface area contributed by atoms with Gasteiger partial charge >= 0.3 is 0 Å². The molecule has 1 rings (SSSR count). The average Bonchev–Trinajstić information content (AvgIpc) is 2.50. The Morgan fingerprint density at radius 1 is 0.950 bits per heavy atom. The third kappa shape index (κ3) is 5.93. The van der Waals surface area contributed by atoms with Crippen LogP contribution >= 0.6 is 0 Å². The van der Waals surface area contributed by atoms with Gasteiger partial charge in [-0.25, -0.2) is 0 Å². The van der Waals surface area contributed by atoms with Crippen molar-refractivity contribution in [1.82, 2.24) is 0 Å². The first-order valence-corrected chi connectivity index (χ1v) is 7.69. The fourth-order valence-electron chi connectivity index (χ4n) is 2.31. The van der Waals surface area contributed by atoms with Crippen LogP contribution in [0.2, 0.25) is 0 Å². The summed E-state index contributed by atoms with van der Waals surface area (Å²) < 4.78 is 5.08. The van der Waals surface area contributed by atoms with E-state index in [1.807, 2.05) is 0 Å². The molecule has 1 aromatic rings. The molecule has 1 aromatic carbocycles. The van der Waals surface area contributed by atoms with Gasteiger partial charge in [0.15, 0.2) is 0 Å². The van der Waals surface area contributed by atoms with Gasteiger partial charge in [-0.2, -0.15) is 0 Å². The summed E-state index contributed by atoms with van der Waals surface area (Å²) in [6, 6.07) is 7.20. The molecule has 0 radical (unpaired) electrons. The van der Waals surface area contributed by atoms with E-state index in [9.17, 15) is 10.2 Å². The van der Waals surface area contributed by atoms with Gasteiger partial charge < -0.3 is 14.9 Å². The molecule has 0 aliphatic rings. The van der Waals surface area contributed by atoms with Crippen molar-refractivity contribution in [1.29, 1.82) is 0 Å². The van der Waals surface area contributed by atoms with Gasteiger partial charge in [-0.05, 0) is 24.1 Å². The Bertz CT molecular complexity index is 348. The second kappa shape index (κ2) is 9.78. The lowest BCUT2D eigenvalue weighted by molar-refractivity contribution is 0.0119. The molecule has 0 amide bonds. The monoisotopic (exact) mass is 280 g/mol. The highest BCUT2D eigenvalue weighted by Gasteiger charge is 2.17. The zero-order chi connectivity index (χ0) is 14.8. The van der Waals surface area contributed by atoms with Gasteiger partial charge in [0, 0.05) is 0 Å². The summed E-state index contributed by atoms with van der Waals surface area (Å²) in [5.41, 5.74) is 0.740. The molecule has 3 heteroatoms. The van der Waals surface area contributed by atoms with Crippen molar-refractivity contribution in [3.8, 4) is 5.75 Å². The Kier molecular flexibility index (Phi) is 8.31. The molecule has 0 saturated carbocycles. The van der Waals surface area contributed by atoms with Crippen molar-refractivity contribution in [2.45, 2.75) is 64.1 Å². The molecular weight excluding hydrogens is 252 g/mol. The van der Waals surface area contributed by atoms with E-state index in [4.69, 9.17) is 4.74 Å². The summed E-state index contributed by atoms with van der Waals surface area (Å²) in [5.74, 6) is 0.756. The van der Waals surface area contributed by atoms with Crippen molar-refractivity contribution in [3.05, 3.63) is 29.8 Å². The summed E-state index contributed by atoms with van der Waals surface area (Å²) in [6.45, 7) is 2.20. The average molecular weight is 280 g/mol. The Hall–Kier alpha value is -1.06. The Balaban J connectivity index is 2.28. The molecule has 0 aliphatic heterocycles. The fourth-order valence-corrected chi connectivity index (χ4v) is 2.31. The fraction of sp³-hybridized carbons (Fsp3) is 0.647. The quantitative estimate of drug-likeness (QED) is 0.640. The van der Waals surface area contributed by atoms with Gasteiger partial charge in [0.05, 0.1) is 13.2 Å². The Morgan fingerprint density at radius 2 is 1.55 bits per heavy atom. The summed E-state index contributed by atoms with van der Waals surface area (Å²) in [5, 5.41) is 20.1. The molecule has 2 N–H and O–H groups in total. The Morgan fingerprint density at radius 3 is 2.15 bits per heavy atom. The molecule has 0 aromatic heterocycles. The Labute approximate surface area is 122 Å². The van der Waals surface area contributed by atoms with E-state index in [0.29, 0.717) is 6.42 Å². The van der Waals surface area contributed by atoms with Crippen LogP contribution in [0.25, 0.3) is 0 Å². The summed E-state index contributed by atoms with van der Waals surface area (Å²) in [6.07, 6.45) is 6.29. The largest absolute Gasteiger partial charge is 0.497 e. The van der Waals surface area contributed by atoms with Gasteiger partial charge in [0.25, 0.3) is 0 Å². The molecule has 0 saturated heterocycles. The topological polar surface area (TPSA) is 49.7 Å². The van der Waals surface area contributed by atoms with Crippen LogP contribution in [0.3, 0.4) is 0 Å². The lowest BCUT2D eigenvalue weighted by Crippen LogP contribution is -2.18. The molecule has 0 heterocycles. The maximum absolute atomic E-state index is 10.1. The highest BCUT2D eigenvalue weighted by atomic mass is 16.5. The second-order valence-corrected chi connectivity index (χ2v) is 5.34. The predicted octanol–water partition coefficient (Wildman–Crippen LogP) is 3.84. The predicted molar refractivity (Wildman–Crippen MR) is 82.0 cm³/mol. The lowest BCUT2D eigenvalue weighted by atomic mass is 9.99. The minimum atomic E-state index is -0.809. The molecule has 114 valence electrons. The van der Waals surface area contributed by atoms with Crippen LogP contribution in [-0.4, -0.2) is 23.4 Å². The molecule has 3 nitrogen and oxygen atoms in total. The number of hydrogen-bond donors (Lipinski definition) is 2. The van der Waals surface area contributed by atoms with Crippen LogP contribution in [0.4, 0.5) is 0 Å². The lowest BCUT2D eigenvalue weighted by Gasteiger charge is -2.18. The highest BCUT2D eigenvalue weighted by Crippen LogP contribution is 2.23. The first kappa shape index (κ1) is 17.0. The number of ether oxygens (including phenoxy) is 1. The first-order valence-electron chi connectivity index (χ1n) is 7.69. The van der Waals surface area contributed by atoms with Gasteiger partial charge in [0.2, 0.25) is 0 Å². The van der Waals surface area contributed by atoms with E-state index in [2.05, 4.69) is 6.92 Å². The SMILES string of the molecule is CCCCCCCC[C@@H](O)[C@H](O)c1ccc(OC)cc1. The summed E-state index contributed by atoms with van der Waals surface area (Å²) in [7, 11) is 1.61. The van der Waals surface area contributed by atoms with Crippen molar-refractivity contribution in [2.24, 2.45) is 0 Å². The third-order valence-corrected chi connectivity index (χ3v) is 3.68. The van der Waals surface area contributed by atoms with E-state index < -0.39 is 12.2 Å². The molecular formula is C17H28O3. The van der Waals surface area contributed by atoms with Crippen molar-refractivity contribution in [3.63, 3.8) is 0 Å². The molecule has 20 heavy (non-hydrogen) atoms. The third-order valence-electron chi connectivity index (χ3n) is 3.68.